The number of carboxylic acids is 1. The highest BCUT2D eigenvalue weighted by Crippen LogP contribution is 2.31. The van der Waals surface area contributed by atoms with Gasteiger partial charge in [-0.05, 0) is 37.5 Å². The minimum absolute atomic E-state index is 0.122. The van der Waals surface area contributed by atoms with Gasteiger partial charge in [-0.1, -0.05) is 30.3 Å². The SMILES string of the molecule is O=C(O)COC[C@H]1CC[C@H](Cn2nc(-c3ccccc3)c(-c3cn[nH]c3)cc2=O)CC1. The van der Waals surface area contributed by atoms with Gasteiger partial charge in [-0.25, -0.2) is 9.48 Å². The van der Waals surface area contributed by atoms with Gasteiger partial charge in [0.05, 0.1) is 18.5 Å². The fraction of sp³-hybridized carbons (Fsp3) is 0.391. The average molecular weight is 422 g/mol. The van der Waals surface area contributed by atoms with Crippen LogP contribution in [0.15, 0.2) is 53.6 Å². The number of nitrogens with zero attached hydrogens (tertiary/aromatic N) is 3. The summed E-state index contributed by atoms with van der Waals surface area (Å²) >= 11 is 0. The number of H-pyrrole nitrogens is 1. The van der Waals surface area contributed by atoms with E-state index < -0.39 is 5.97 Å². The first-order valence-electron chi connectivity index (χ1n) is 10.6. The molecule has 0 saturated heterocycles. The number of nitrogens with one attached hydrogen (secondary N) is 1. The smallest absolute Gasteiger partial charge is 0.329 e. The highest BCUT2D eigenvalue weighted by atomic mass is 16.5. The number of aromatic nitrogens is 4. The van der Waals surface area contributed by atoms with Crippen molar-refractivity contribution < 1.29 is 14.6 Å². The maximum atomic E-state index is 12.9. The second-order valence-corrected chi connectivity index (χ2v) is 8.08. The van der Waals surface area contributed by atoms with Crippen LogP contribution in [0, 0.1) is 11.8 Å². The van der Waals surface area contributed by atoms with Crippen LogP contribution in [-0.2, 0) is 16.1 Å². The Balaban J connectivity index is 1.50. The van der Waals surface area contributed by atoms with Gasteiger partial charge in [-0.15, -0.1) is 0 Å². The van der Waals surface area contributed by atoms with Crippen molar-refractivity contribution in [3.63, 3.8) is 0 Å². The third kappa shape index (κ3) is 5.27. The fourth-order valence-corrected chi connectivity index (χ4v) is 4.19. The van der Waals surface area contributed by atoms with E-state index in [1.54, 1.807) is 23.1 Å². The van der Waals surface area contributed by atoms with Crippen molar-refractivity contribution in [1.29, 1.82) is 0 Å². The van der Waals surface area contributed by atoms with Crippen LogP contribution in [0.4, 0.5) is 0 Å². The van der Waals surface area contributed by atoms with Gasteiger partial charge in [0.15, 0.2) is 0 Å². The van der Waals surface area contributed by atoms with Gasteiger partial charge in [-0.2, -0.15) is 10.2 Å². The van der Waals surface area contributed by atoms with E-state index in [0.717, 1.165) is 48.1 Å². The second kappa shape index (κ2) is 9.70. The lowest BCUT2D eigenvalue weighted by Crippen LogP contribution is -2.29. The number of ether oxygens (including phenoxy) is 1. The lowest BCUT2D eigenvalue weighted by molar-refractivity contribution is -0.142. The first-order valence-corrected chi connectivity index (χ1v) is 10.6. The summed E-state index contributed by atoms with van der Waals surface area (Å²) < 4.78 is 6.83. The molecule has 4 rings (SSSR count). The van der Waals surface area contributed by atoms with Gasteiger partial charge in [0, 0.05) is 35.5 Å². The summed E-state index contributed by atoms with van der Waals surface area (Å²) in [5.74, 6) is -0.194. The van der Waals surface area contributed by atoms with Gasteiger partial charge in [-0.3, -0.25) is 9.89 Å². The third-order valence-corrected chi connectivity index (χ3v) is 5.83. The van der Waals surface area contributed by atoms with Gasteiger partial charge in [0.1, 0.15) is 6.61 Å². The Labute approximate surface area is 179 Å². The zero-order chi connectivity index (χ0) is 21.6. The number of rotatable bonds is 8. The molecule has 8 heteroatoms. The summed E-state index contributed by atoms with van der Waals surface area (Å²) in [5, 5.41) is 20.3. The Bertz CT molecular complexity index is 1050. The monoisotopic (exact) mass is 422 g/mol. The molecule has 2 N–H and O–H groups in total. The maximum absolute atomic E-state index is 12.9. The van der Waals surface area contributed by atoms with Crippen molar-refractivity contribution in [2.24, 2.45) is 11.8 Å². The van der Waals surface area contributed by atoms with Crippen LogP contribution in [0.25, 0.3) is 22.4 Å². The molecule has 31 heavy (non-hydrogen) atoms. The average Bonchev–Trinajstić information content (AvgIpc) is 3.31. The molecule has 0 unspecified atom stereocenters. The fourth-order valence-electron chi connectivity index (χ4n) is 4.19. The predicted molar refractivity (Wildman–Crippen MR) is 115 cm³/mol. The van der Waals surface area contributed by atoms with Crippen molar-refractivity contribution in [3.8, 4) is 22.4 Å². The van der Waals surface area contributed by atoms with E-state index in [-0.39, 0.29) is 12.2 Å². The minimum Gasteiger partial charge on any atom is -0.480 e. The van der Waals surface area contributed by atoms with Gasteiger partial charge in [0.25, 0.3) is 5.56 Å². The topological polar surface area (TPSA) is 110 Å². The number of benzene rings is 1. The molecule has 0 atom stereocenters. The van der Waals surface area contributed by atoms with Crippen LogP contribution in [0.2, 0.25) is 0 Å². The standard InChI is InChI=1S/C23H26N4O4/c28-21-10-20(19-11-24-25-12-19)23(18-4-2-1-3-5-18)26-27(21)13-16-6-8-17(9-7-16)14-31-15-22(29)30/h1-5,10-12,16-17H,6-9,13-15H2,(H,24,25)(H,29,30)/t16-,17-. The third-order valence-electron chi connectivity index (χ3n) is 5.83. The van der Waals surface area contributed by atoms with Gasteiger partial charge in [0.2, 0.25) is 0 Å². The first-order chi connectivity index (χ1) is 15.1. The molecule has 8 nitrogen and oxygen atoms in total. The molecular weight excluding hydrogens is 396 g/mol. The van der Waals surface area contributed by atoms with Crippen LogP contribution in [-0.4, -0.2) is 44.3 Å². The van der Waals surface area contributed by atoms with E-state index in [4.69, 9.17) is 14.9 Å². The number of carboxylic acid groups (broad SMARTS) is 1. The molecule has 3 aromatic rings. The van der Waals surface area contributed by atoms with Crippen LogP contribution >= 0.6 is 0 Å². The summed E-state index contributed by atoms with van der Waals surface area (Å²) in [4.78, 5) is 23.4. The van der Waals surface area contributed by atoms with Crippen molar-refractivity contribution in [1.82, 2.24) is 20.0 Å². The molecular formula is C23H26N4O4. The van der Waals surface area contributed by atoms with Crippen LogP contribution in [0.5, 0.6) is 0 Å². The molecule has 0 aliphatic heterocycles. The van der Waals surface area contributed by atoms with E-state index in [0.29, 0.717) is 25.0 Å². The van der Waals surface area contributed by atoms with Crippen LogP contribution in [0.3, 0.4) is 0 Å². The Kier molecular flexibility index (Phi) is 6.57. The molecule has 0 amide bonds. The second-order valence-electron chi connectivity index (χ2n) is 8.08. The highest BCUT2D eigenvalue weighted by Gasteiger charge is 2.23. The van der Waals surface area contributed by atoms with Crippen molar-refractivity contribution in [2.45, 2.75) is 32.2 Å². The molecule has 1 aromatic carbocycles. The molecule has 2 aromatic heterocycles. The molecule has 162 valence electrons. The minimum atomic E-state index is -0.938. The first kappa shape index (κ1) is 21.0. The summed E-state index contributed by atoms with van der Waals surface area (Å²) in [7, 11) is 0. The molecule has 2 heterocycles. The normalized spacial score (nSPS) is 18.7. The van der Waals surface area contributed by atoms with Gasteiger partial charge >= 0.3 is 5.97 Å². The zero-order valence-corrected chi connectivity index (χ0v) is 17.2. The number of carbonyl (C=O) groups is 1. The largest absolute Gasteiger partial charge is 0.480 e. The maximum Gasteiger partial charge on any atom is 0.329 e. The Hall–Kier alpha value is -3.26. The molecule has 1 aliphatic carbocycles. The number of hydrogen-bond donors (Lipinski definition) is 2. The van der Waals surface area contributed by atoms with Crippen molar-refractivity contribution >= 4 is 5.97 Å². The molecule has 1 saturated carbocycles. The van der Waals surface area contributed by atoms with E-state index in [1.165, 1.54) is 0 Å². The molecule has 0 spiro atoms. The van der Waals surface area contributed by atoms with Crippen LogP contribution in [0.1, 0.15) is 25.7 Å². The summed E-state index contributed by atoms with van der Waals surface area (Å²) in [6.45, 7) is 0.812. The lowest BCUT2D eigenvalue weighted by atomic mass is 9.82. The molecule has 0 radical (unpaired) electrons. The number of hydrogen-bond acceptors (Lipinski definition) is 5. The molecule has 0 bridgehead atoms. The lowest BCUT2D eigenvalue weighted by Gasteiger charge is -2.28. The molecule has 1 aliphatic rings. The van der Waals surface area contributed by atoms with E-state index >= 15 is 0 Å². The highest BCUT2D eigenvalue weighted by molar-refractivity contribution is 5.79. The van der Waals surface area contributed by atoms with E-state index in [1.807, 2.05) is 30.3 Å². The quantitative estimate of drug-likeness (QED) is 0.577. The number of aromatic amines is 1. The van der Waals surface area contributed by atoms with E-state index in [2.05, 4.69) is 10.2 Å². The summed E-state index contributed by atoms with van der Waals surface area (Å²) in [6.07, 6.45) is 7.34. The zero-order valence-electron chi connectivity index (χ0n) is 17.2. The Morgan fingerprint density at radius 3 is 2.55 bits per heavy atom. The summed E-state index contributed by atoms with van der Waals surface area (Å²) in [6, 6.07) is 11.5. The van der Waals surface area contributed by atoms with Gasteiger partial charge < -0.3 is 9.84 Å². The Morgan fingerprint density at radius 1 is 1.13 bits per heavy atom. The van der Waals surface area contributed by atoms with Crippen molar-refractivity contribution in [2.75, 3.05) is 13.2 Å². The molecule has 1 fully saturated rings. The number of aliphatic carboxylic acids is 1. The van der Waals surface area contributed by atoms with E-state index in [9.17, 15) is 9.59 Å². The van der Waals surface area contributed by atoms with Crippen molar-refractivity contribution in [3.05, 3.63) is 59.1 Å². The Morgan fingerprint density at radius 2 is 1.87 bits per heavy atom. The predicted octanol–water partition coefficient (Wildman–Crippen LogP) is 3.21. The summed E-state index contributed by atoms with van der Waals surface area (Å²) in [5.41, 5.74) is 3.19. The van der Waals surface area contributed by atoms with Crippen LogP contribution < -0.4 is 5.56 Å².